The van der Waals surface area contributed by atoms with Crippen LogP contribution in [0.5, 0.6) is 5.75 Å². The average molecular weight is 907 g/mol. The van der Waals surface area contributed by atoms with E-state index in [4.69, 9.17) is 4.74 Å². The Hall–Kier alpha value is -5.93. The Balaban J connectivity index is 1.05. The lowest BCUT2D eigenvalue weighted by molar-refractivity contribution is -0.391. The Labute approximate surface area is 375 Å². The zero-order chi connectivity index (χ0) is 46.7. The molecule has 0 radical (unpaired) electrons. The zero-order valence-corrected chi connectivity index (χ0v) is 37.5. The number of rotatable bonds is 11. The van der Waals surface area contributed by atoms with E-state index in [9.17, 15) is 32.3 Å². The highest BCUT2D eigenvalue weighted by Gasteiger charge is 2.37. The quantitative estimate of drug-likeness (QED) is 0.0675. The number of likely N-dealkylation sites (N-methyl/N-ethyl adjacent to an activating group) is 1. The van der Waals surface area contributed by atoms with Crippen LogP contribution in [0.3, 0.4) is 0 Å². The molecule has 5 atom stereocenters. The third kappa shape index (κ3) is 10.5. The molecule has 13 nitrogen and oxygen atoms in total. The van der Waals surface area contributed by atoms with Gasteiger partial charge in [-0.3, -0.25) is 4.79 Å². The molecule has 348 valence electrons. The monoisotopic (exact) mass is 906 g/mol. The van der Waals surface area contributed by atoms with Gasteiger partial charge >= 0.3 is 12.1 Å². The summed E-state index contributed by atoms with van der Waals surface area (Å²) in [6, 6.07) is 10.0. The minimum atomic E-state index is -4.55. The molecule has 4 aromatic rings. The maximum atomic E-state index is 16.6. The largest absolute Gasteiger partial charge is 0.495 e. The number of likely N-dealkylation sites (tertiary alicyclic amines) is 1. The molecule has 2 unspecified atom stereocenters. The molecule has 3 aliphatic rings. The molecule has 0 saturated carbocycles. The van der Waals surface area contributed by atoms with Crippen molar-refractivity contribution in [2.24, 2.45) is 11.8 Å². The summed E-state index contributed by atoms with van der Waals surface area (Å²) in [4.78, 5) is 37.0. The number of ether oxygens (including phenoxy) is 1. The predicted octanol–water partition coefficient (Wildman–Crippen LogP) is 5.38. The van der Waals surface area contributed by atoms with Crippen molar-refractivity contribution in [2.45, 2.75) is 70.0 Å². The highest BCUT2D eigenvalue weighted by molar-refractivity contribution is 5.92. The number of carbonyl (C=O) groups excluding carboxylic acids is 2. The number of hydrogen-bond acceptors (Lipinski definition) is 10. The van der Waals surface area contributed by atoms with Crippen LogP contribution >= 0.6 is 0 Å². The number of aromatic nitrogens is 2. The number of hydrogen-bond donors (Lipinski definition) is 4. The SMILES string of the molecule is COc1ccc(C(=O)[N+](C)=CC2CCN(c3ccc4c(c3F)N(C)[C@@H](C(C)C)C(=O)N[C@H](CO)C4)C2)cc1NCC#Cc1nc2c(NC3CCN(C)C[C@@H]3F)cccn2c1CC(F)(F)F. The number of aliphatic hydroxyl groups excluding tert-OH is 1. The van der Waals surface area contributed by atoms with Crippen molar-refractivity contribution in [1.29, 1.82) is 0 Å². The van der Waals surface area contributed by atoms with Gasteiger partial charge in [0.05, 0.1) is 78.7 Å². The summed E-state index contributed by atoms with van der Waals surface area (Å²) in [6.45, 7) is 5.41. The third-order valence-corrected chi connectivity index (χ3v) is 12.4. The topological polar surface area (TPSA) is 130 Å². The number of fused-ring (bicyclic) bond motifs is 2. The van der Waals surface area contributed by atoms with E-state index < -0.39 is 42.7 Å². The summed E-state index contributed by atoms with van der Waals surface area (Å²) in [5, 5.41) is 19.1. The Morgan fingerprint density at radius 2 is 1.91 bits per heavy atom. The molecule has 18 heteroatoms. The Kier molecular flexibility index (Phi) is 14.2. The van der Waals surface area contributed by atoms with Gasteiger partial charge in [0.1, 0.15) is 30.7 Å². The van der Waals surface area contributed by atoms with Crippen molar-refractivity contribution in [1.82, 2.24) is 19.6 Å². The molecule has 2 saturated heterocycles. The van der Waals surface area contributed by atoms with Gasteiger partial charge in [0.25, 0.3) is 0 Å². The van der Waals surface area contributed by atoms with Gasteiger partial charge in [0.15, 0.2) is 17.7 Å². The number of pyridine rings is 1. The van der Waals surface area contributed by atoms with Crippen LogP contribution in [0.4, 0.5) is 44.7 Å². The lowest BCUT2D eigenvalue weighted by Crippen LogP contribution is -2.54. The Morgan fingerprint density at radius 1 is 1.12 bits per heavy atom. The van der Waals surface area contributed by atoms with E-state index in [2.05, 4.69) is 32.8 Å². The zero-order valence-electron chi connectivity index (χ0n) is 37.5. The number of amides is 2. The van der Waals surface area contributed by atoms with E-state index in [-0.39, 0.29) is 66.8 Å². The molecular weight excluding hydrogens is 850 g/mol. The fraction of sp³-hybridized carbons (Fsp3) is 0.489. The summed E-state index contributed by atoms with van der Waals surface area (Å²) in [7, 11) is 6.68. The highest BCUT2D eigenvalue weighted by Crippen LogP contribution is 2.37. The van der Waals surface area contributed by atoms with Crippen LogP contribution in [-0.4, -0.2) is 140 Å². The van der Waals surface area contributed by atoms with E-state index in [1.807, 2.05) is 43.0 Å². The molecule has 2 amide bonds. The number of halogens is 5. The molecule has 4 N–H and O–H groups in total. The van der Waals surface area contributed by atoms with Crippen LogP contribution in [0, 0.1) is 29.5 Å². The van der Waals surface area contributed by atoms with Gasteiger partial charge in [-0.25, -0.2) is 18.6 Å². The molecule has 3 aliphatic heterocycles. The lowest BCUT2D eigenvalue weighted by atomic mass is 9.94. The number of imidazole rings is 1. The van der Waals surface area contributed by atoms with Gasteiger partial charge in [-0.15, -0.1) is 0 Å². The van der Waals surface area contributed by atoms with Gasteiger partial charge < -0.3 is 44.9 Å². The number of nitrogens with one attached hydrogen (secondary N) is 3. The number of methoxy groups -OCH3 is 1. The minimum Gasteiger partial charge on any atom is -0.495 e. The fourth-order valence-electron chi connectivity index (χ4n) is 9.23. The summed E-state index contributed by atoms with van der Waals surface area (Å²) < 4.78 is 81.4. The van der Waals surface area contributed by atoms with E-state index in [1.54, 1.807) is 55.4 Å². The van der Waals surface area contributed by atoms with Crippen LogP contribution in [0.1, 0.15) is 54.0 Å². The van der Waals surface area contributed by atoms with Crippen LogP contribution in [-0.2, 0) is 17.6 Å². The summed E-state index contributed by atoms with van der Waals surface area (Å²) >= 11 is 0. The van der Waals surface area contributed by atoms with E-state index in [0.717, 1.165) is 0 Å². The molecule has 65 heavy (non-hydrogen) atoms. The van der Waals surface area contributed by atoms with Crippen molar-refractivity contribution < 1.29 is 46.0 Å². The smallest absolute Gasteiger partial charge is 0.418 e. The third-order valence-electron chi connectivity index (χ3n) is 12.4. The molecule has 0 bridgehead atoms. The second-order valence-electron chi connectivity index (χ2n) is 17.6. The maximum Gasteiger partial charge on any atom is 0.418 e. The highest BCUT2D eigenvalue weighted by atomic mass is 19.4. The summed E-state index contributed by atoms with van der Waals surface area (Å²) in [5.41, 5.74) is 2.63. The number of aliphatic hydroxyl groups is 1. The first kappa shape index (κ1) is 47.0. The number of piperidine rings is 1. The molecule has 2 aromatic heterocycles. The van der Waals surface area contributed by atoms with Gasteiger partial charge in [-0.2, -0.15) is 17.7 Å². The second kappa shape index (κ2) is 19.7. The van der Waals surface area contributed by atoms with E-state index in [1.165, 1.54) is 22.3 Å². The van der Waals surface area contributed by atoms with Gasteiger partial charge in [-0.05, 0) is 80.1 Å². The summed E-state index contributed by atoms with van der Waals surface area (Å²) in [6.07, 6.45) is -2.22. The number of nitrogens with zero attached hydrogens (tertiary/aromatic N) is 6. The molecule has 5 heterocycles. The first-order chi connectivity index (χ1) is 31.0. The molecule has 0 spiro atoms. The van der Waals surface area contributed by atoms with Crippen LogP contribution in [0.25, 0.3) is 5.65 Å². The average Bonchev–Trinajstić information content (AvgIpc) is 3.85. The van der Waals surface area contributed by atoms with Crippen LogP contribution < -0.4 is 30.5 Å². The molecule has 2 fully saturated rings. The molecular formula is C47H57F5N9O4+. The summed E-state index contributed by atoms with van der Waals surface area (Å²) in [5.74, 6) is 4.86. The Bertz CT molecular complexity index is 2500. The predicted molar refractivity (Wildman–Crippen MR) is 241 cm³/mol. The van der Waals surface area contributed by atoms with Crippen molar-refractivity contribution >= 4 is 46.4 Å². The Morgan fingerprint density at radius 3 is 2.62 bits per heavy atom. The molecule has 7 rings (SSSR count). The van der Waals surface area contributed by atoms with E-state index >= 15 is 4.39 Å². The molecule has 0 aliphatic carbocycles. The first-order valence-corrected chi connectivity index (χ1v) is 21.8. The first-order valence-electron chi connectivity index (χ1n) is 21.8. The van der Waals surface area contributed by atoms with Crippen molar-refractivity contribution in [3.05, 3.63) is 77.0 Å². The van der Waals surface area contributed by atoms with Crippen molar-refractivity contribution in [3.8, 4) is 17.6 Å². The number of benzene rings is 2. The van der Waals surface area contributed by atoms with E-state index in [0.29, 0.717) is 72.1 Å². The number of anilines is 4. The number of carbonyl (C=O) groups is 2. The maximum absolute atomic E-state index is 16.6. The fourth-order valence-corrected chi connectivity index (χ4v) is 9.23. The van der Waals surface area contributed by atoms with Gasteiger partial charge in [0.2, 0.25) is 5.91 Å². The lowest BCUT2D eigenvalue weighted by Gasteiger charge is -2.38. The van der Waals surface area contributed by atoms with Crippen LogP contribution in [0.2, 0.25) is 0 Å². The standard InChI is InChI=1S/C47H56F5N9O4/c1-28(2)42-45(63)54-32(27-62)21-30-11-13-38(41(49)43(30)59(42)5)60-20-15-29(25-60)24-58(4)46(64)31-12-14-40(65-6)37(22-31)53-17-7-9-35-39(23-47(50,51)52)61-18-8-10-36(44(61)56-35)55-34-16-19-57(3)26-33(34)48/h8,10-14,18,22,24,28-29,32-34,42,53,55,62H,15-17,19-21,23,25-27H2,1-6H3/p+1/t29?,32-,33-,34?,42-/m0/s1. The van der Waals surface area contributed by atoms with Crippen molar-refractivity contribution in [2.75, 3.05) is 88.0 Å². The van der Waals surface area contributed by atoms with Crippen LogP contribution in [0.15, 0.2) is 48.7 Å². The van der Waals surface area contributed by atoms with Crippen molar-refractivity contribution in [3.63, 3.8) is 0 Å². The van der Waals surface area contributed by atoms with Gasteiger partial charge in [0, 0.05) is 39.4 Å². The number of alkyl halides is 4. The minimum absolute atomic E-state index is 0.0280. The molecule has 2 aromatic carbocycles. The normalized spacial score (nSPS) is 22.0. The van der Waals surface area contributed by atoms with Gasteiger partial charge in [-0.1, -0.05) is 25.8 Å². The second-order valence-corrected chi connectivity index (χ2v) is 17.6.